The number of aromatic nitrogens is 2. The molecule has 0 bridgehead atoms. The van der Waals surface area contributed by atoms with E-state index in [0.717, 1.165) is 0 Å². The molecule has 3 aromatic rings. The molecule has 1 aromatic heterocycles. The Morgan fingerprint density at radius 1 is 0.960 bits per heavy atom. The van der Waals surface area contributed by atoms with Crippen molar-refractivity contribution in [3.63, 3.8) is 0 Å². The molecule has 0 aliphatic heterocycles. The average molecular weight is 334 g/mol. The number of carbonyl (C=O) groups is 1. The van der Waals surface area contributed by atoms with Crippen LogP contribution in [0.4, 0.5) is 11.6 Å². The summed E-state index contributed by atoms with van der Waals surface area (Å²) >= 11 is 0. The normalized spacial score (nSPS) is 10.2. The van der Waals surface area contributed by atoms with Crippen LogP contribution < -0.4 is 15.0 Å². The van der Waals surface area contributed by atoms with Crippen LogP contribution in [0.15, 0.2) is 67.0 Å². The Bertz CT molecular complexity index is 849. The molecule has 6 nitrogen and oxygen atoms in total. The summed E-state index contributed by atoms with van der Waals surface area (Å²) in [4.78, 5) is 22.7. The molecule has 2 aromatic carbocycles. The second-order valence-corrected chi connectivity index (χ2v) is 5.53. The molecule has 0 fully saturated rings. The Hall–Kier alpha value is -3.41. The fourth-order valence-electron chi connectivity index (χ4n) is 2.17. The lowest BCUT2D eigenvalue weighted by Gasteiger charge is -2.12. The molecular formula is C19H18N4O2. The standard InChI is InChI=1S/C19H18N4O2/c1-23(2)19-20-12-14(13-21-19)22-18(24)16-10-6-7-11-17(16)25-15-8-4-3-5-9-15/h3-13H,1-2H3,(H,22,24). The van der Waals surface area contributed by atoms with Crippen LogP contribution in [0, 0.1) is 0 Å². The number of amides is 1. The molecule has 0 aliphatic rings. The van der Waals surface area contributed by atoms with Gasteiger partial charge < -0.3 is 15.0 Å². The number of carbonyl (C=O) groups excluding carboxylic acids is 1. The zero-order valence-corrected chi connectivity index (χ0v) is 14.0. The van der Waals surface area contributed by atoms with Gasteiger partial charge in [0, 0.05) is 14.1 Å². The second-order valence-electron chi connectivity index (χ2n) is 5.53. The molecule has 0 aliphatic carbocycles. The van der Waals surface area contributed by atoms with Crippen molar-refractivity contribution >= 4 is 17.5 Å². The Labute approximate surface area is 146 Å². The van der Waals surface area contributed by atoms with Gasteiger partial charge in [0.05, 0.1) is 23.6 Å². The van der Waals surface area contributed by atoms with Crippen LogP contribution in [0.1, 0.15) is 10.4 Å². The van der Waals surface area contributed by atoms with E-state index in [4.69, 9.17) is 4.74 Å². The van der Waals surface area contributed by atoms with Crippen molar-refractivity contribution < 1.29 is 9.53 Å². The molecule has 0 atom stereocenters. The number of hydrogen-bond acceptors (Lipinski definition) is 5. The van der Waals surface area contributed by atoms with Crippen molar-refractivity contribution in [1.29, 1.82) is 0 Å². The summed E-state index contributed by atoms with van der Waals surface area (Å²) < 4.78 is 5.82. The third kappa shape index (κ3) is 4.11. The van der Waals surface area contributed by atoms with Crippen LogP contribution in [0.25, 0.3) is 0 Å². The first kappa shape index (κ1) is 16.4. The van der Waals surface area contributed by atoms with Crippen molar-refractivity contribution in [2.24, 2.45) is 0 Å². The van der Waals surface area contributed by atoms with E-state index < -0.39 is 0 Å². The van der Waals surface area contributed by atoms with E-state index in [-0.39, 0.29) is 5.91 Å². The molecule has 25 heavy (non-hydrogen) atoms. The summed E-state index contributed by atoms with van der Waals surface area (Å²) in [5.74, 6) is 1.44. The molecular weight excluding hydrogens is 316 g/mol. The summed E-state index contributed by atoms with van der Waals surface area (Å²) in [6.07, 6.45) is 3.14. The fourth-order valence-corrected chi connectivity index (χ4v) is 2.17. The predicted octanol–water partition coefficient (Wildman–Crippen LogP) is 3.59. The van der Waals surface area contributed by atoms with Gasteiger partial charge in [-0.25, -0.2) is 9.97 Å². The number of rotatable bonds is 5. The molecule has 0 saturated heterocycles. The predicted molar refractivity (Wildman–Crippen MR) is 97.3 cm³/mol. The number of hydrogen-bond donors (Lipinski definition) is 1. The summed E-state index contributed by atoms with van der Waals surface area (Å²) in [6.45, 7) is 0. The van der Waals surface area contributed by atoms with Crippen LogP contribution in [0.2, 0.25) is 0 Å². The number of para-hydroxylation sites is 2. The molecule has 0 spiro atoms. The van der Waals surface area contributed by atoms with Gasteiger partial charge in [-0.1, -0.05) is 30.3 Å². The molecule has 3 rings (SSSR count). The van der Waals surface area contributed by atoms with Crippen LogP contribution in [0.3, 0.4) is 0 Å². The van der Waals surface area contributed by atoms with Gasteiger partial charge in [-0.2, -0.15) is 0 Å². The highest BCUT2D eigenvalue weighted by Crippen LogP contribution is 2.25. The number of nitrogens with zero attached hydrogens (tertiary/aromatic N) is 3. The highest BCUT2D eigenvalue weighted by molar-refractivity contribution is 6.06. The van der Waals surface area contributed by atoms with Gasteiger partial charge in [-0.15, -0.1) is 0 Å². The SMILES string of the molecule is CN(C)c1ncc(NC(=O)c2ccccc2Oc2ccccc2)cn1. The van der Waals surface area contributed by atoms with E-state index >= 15 is 0 Å². The van der Waals surface area contributed by atoms with Gasteiger partial charge in [-0.05, 0) is 24.3 Å². The van der Waals surface area contributed by atoms with E-state index in [1.807, 2.05) is 50.5 Å². The lowest BCUT2D eigenvalue weighted by Crippen LogP contribution is -2.15. The Kier molecular flexibility index (Phi) is 4.89. The maximum absolute atomic E-state index is 12.6. The van der Waals surface area contributed by atoms with E-state index in [9.17, 15) is 4.79 Å². The summed E-state index contributed by atoms with van der Waals surface area (Å²) in [5, 5.41) is 2.79. The smallest absolute Gasteiger partial charge is 0.259 e. The van der Waals surface area contributed by atoms with Crippen molar-refractivity contribution in [2.45, 2.75) is 0 Å². The van der Waals surface area contributed by atoms with Crippen molar-refractivity contribution in [3.8, 4) is 11.5 Å². The molecule has 1 amide bonds. The summed E-state index contributed by atoms with van der Waals surface area (Å²) in [6, 6.07) is 16.4. The maximum Gasteiger partial charge on any atom is 0.259 e. The van der Waals surface area contributed by atoms with Gasteiger partial charge in [0.25, 0.3) is 5.91 Å². The quantitative estimate of drug-likeness (QED) is 0.772. The zero-order chi connectivity index (χ0) is 17.6. The van der Waals surface area contributed by atoms with E-state index in [0.29, 0.717) is 28.7 Å². The zero-order valence-electron chi connectivity index (χ0n) is 14.0. The largest absolute Gasteiger partial charge is 0.457 e. The van der Waals surface area contributed by atoms with Gasteiger partial charge >= 0.3 is 0 Å². The monoisotopic (exact) mass is 334 g/mol. The number of nitrogens with one attached hydrogen (secondary N) is 1. The number of ether oxygens (including phenoxy) is 1. The lowest BCUT2D eigenvalue weighted by molar-refractivity contribution is 0.102. The third-order valence-corrected chi connectivity index (χ3v) is 3.40. The van der Waals surface area contributed by atoms with Crippen LogP contribution >= 0.6 is 0 Å². The first-order valence-electron chi connectivity index (χ1n) is 7.76. The van der Waals surface area contributed by atoms with E-state index in [2.05, 4.69) is 15.3 Å². The van der Waals surface area contributed by atoms with Gasteiger partial charge in [0.2, 0.25) is 5.95 Å². The first-order chi connectivity index (χ1) is 12.1. The molecule has 6 heteroatoms. The molecule has 0 saturated carbocycles. The minimum absolute atomic E-state index is 0.285. The van der Waals surface area contributed by atoms with Crippen molar-refractivity contribution in [2.75, 3.05) is 24.3 Å². The third-order valence-electron chi connectivity index (χ3n) is 3.40. The molecule has 0 unspecified atom stereocenters. The average Bonchev–Trinajstić information content (AvgIpc) is 2.63. The Morgan fingerprint density at radius 3 is 2.28 bits per heavy atom. The van der Waals surface area contributed by atoms with Crippen LogP contribution in [-0.2, 0) is 0 Å². The van der Waals surface area contributed by atoms with Crippen LogP contribution in [0.5, 0.6) is 11.5 Å². The number of anilines is 2. The lowest BCUT2D eigenvalue weighted by atomic mass is 10.2. The van der Waals surface area contributed by atoms with E-state index in [1.54, 1.807) is 35.5 Å². The maximum atomic E-state index is 12.6. The second kappa shape index (κ2) is 7.44. The van der Waals surface area contributed by atoms with Gasteiger partial charge in [0.15, 0.2) is 0 Å². The summed E-state index contributed by atoms with van der Waals surface area (Å²) in [5.41, 5.74) is 0.952. The van der Waals surface area contributed by atoms with Gasteiger partial charge in [-0.3, -0.25) is 4.79 Å². The van der Waals surface area contributed by atoms with Crippen molar-refractivity contribution in [1.82, 2.24) is 9.97 Å². The highest BCUT2D eigenvalue weighted by atomic mass is 16.5. The number of benzene rings is 2. The highest BCUT2D eigenvalue weighted by Gasteiger charge is 2.13. The Balaban J connectivity index is 1.78. The molecule has 1 heterocycles. The fraction of sp³-hybridized carbons (Fsp3) is 0.105. The van der Waals surface area contributed by atoms with Crippen molar-refractivity contribution in [3.05, 3.63) is 72.6 Å². The van der Waals surface area contributed by atoms with Gasteiger partial charge in [0.1, 0.15) is 11.5 Å². The Morgan fingerprint density at radius 2 is 1.60 bits per heavy atom. The minimum atomic E-state index is -0.285. The topological polar surface area (TPSA) is 67.4 Å². The van der Waals surface area contributed by atoms with Crippen LogP contribution in [-0.4, -0.2) is 30.0 Å². The minimum Gasteiger partial charge on any atom is -0.457 e. The van der Waals surface area contributed by atoms with E-state index in [1.165, 1.54) is 0 Å². The molecule has 126 valence electrons. The first-order valence-corrected chi connectivity index (χ1v) is 7.76. The summed E-state index contributed by atoms with van der Waals surface area (Å²) in [7, 11) is 3.70. The molecule has 0 radical (unpaired) electrons. The molecule has 1 N–H and O–H groups in total.